The standard InChI is InChI=1S/C18H22N4O2/c1-14-5-4-6-15(9-14)12-22(13-16-7-2-3-8-20-16)18(24)11-21-17(23)10-19/h2-9H,10-13,19H2,1H3,(H,21,23). The number of aromatic nitrogens is 1. The quantitative estimate of drug-likeness (QED) is 0.794. The molecule has 2 rings (SSSR count). The molecule has 0 aliphatic carbocycles. The molecule has 0 aliphatic heterocycles. The molecule has 2 amide bonds. The molecule has 6 heteroatoms. The molecule has 126 valence electrons. The molecule has 6 nitrogen and oxygen atoms in total. The van der Waals surface area contributed by atoms with E-state index in [4.69, 9.17) is 5.73 Å². The minimum Gasteiger partial charge on any atom is -0.346 e. The highest BCUT2D eigenvalue weighted by Gasteiger charge is 2.16. The first-order valence-corrected chi connectivity index (χ1v) is 7.78. The van der Waals surface area contributed by atoms with Gasteiger partial charge in [-0.25, -0.2) is 0 Å². The first-order valence-electron chi connectivity index (χ1n) is 7.78. The minimum atomic E-state index is -0.350. The van der Waals surface area contributed by atoms with Crippen LogP contribution in [0, 0.1) is 6.92 Å². The van der Waals surface area contributed by atoms with Gasteiger partial charge in [-0.15, -0.1) is 0 Å². The van der Waals surface area contributed by atoms with Gasteiger partial charge in [-0.2, -0.15) is 0 Å². The number of carbonyl (C=O) groups is 2. The lowest BCUT2D eigenvalue weighted by Crippen LogP contribution is -2.41. The third kappa shape index (κ3) is 5.48. The highest BCUT2D eigenvalue weighted by Crippen LogP contribution is 2.10. The fraction of sp³-hybridized carbons (Fsp3) is 0.278. The molecule has 24 heavy (non-hydrogen) atoms. The van der Waals surface area contributed by atoms with E-state index < -0.39 is 0 Å². The highest BCUT2D eigenvalue weighted by atomic mass is 16.2. The Hall–Kier alpha value is -2.73. The Kier molecular flexibility index (Phi) is 6.45. The van der Waals surface area contributed by atoms with Crippen LogP contribution in [0.15, 0.2) is 48.7 Å². The average Bonchev–Trinajstić information content (AvgIpc) is 2.59. The number of nitrogens with one attached hydrogen (secondary N) is 1. The van der Waals surface area contributed by atoms with E-state index >= 15 is 0 Å². The van der Waals surface area contributed by atoms with Gasteiger partial charge in [0.1, 0.15) is 0 Å². The summed E-state index contributed by atoms with van der Waals surface area (Å²) in [6.07, 6.45) is 1.70. The zero-order valence-corrected chi connectivity index (χ0v) is 13.7. The number of carbonyl (C=O) groups excluding carboxylic acids is 2. The predicted octanol–water partition coefficient (Wildman–Crippen LogP) is 0.994. The van der Waals surface area contributed by atoms with E-state index in [0.717, 1.165) is 16.8 Å². The van der Waals surface area contributed by atoms with Gasteiger partial charge in [0.25, 0.3) is 0 Å². The van der Waals surface area contributed by atoms with Crippen LogP contribution in [0.5, 0.6) is 0 Å². The van der Waals surface area contributed by atoms with Crippen molar-refractivity contribution in [3.05, 3.63) is 65.5 Å². The molecule has 0 aliphatic rings. The number of hydrogen-bond donors (Lipinski definition) is 2. The molecule has 1 aromatic heterocycles. The van der Waals surface area contributed by atoms with Gasteiger partial charge in [0, 0.05) is 12.7 Å². The molecule has 2 aromatic rings. The average molecular weight is 326 g/mol. The van der Waals surface area contributed by atoms with E-state index in [1.54, 1.807) is 11.1 Å². The Bertz CT molecular complexity index is 688. The predicted molar refractivity (Wildman–Crippen MR) is 91.7 cm³/mol. The largest absolute Gasteiger partial charge is 0.346 e. The number of amides is 2. The van der Waals surface area contributed by atoms with Crippen LogP contribution in [0.25, 0.3) is 0 Å². The normalized spacial score (nSPS) is 10.2. The summed E-state index contributed by atoms with van der Waals surface area (Å²) in [7, 11) is 0. The molecular formula is C18H22N4O2. The number of nitrogens with two attached hydrogens (primary N) is 1. The first-order chi connectivity index (χ1) is 11.6. The molecule has 0 unspecified atom stereocenters. The number of hydrogen-bond acceptors (Lipinski definition) is 4. The second-order valence-electron chi connectivity index (χ2n) is 5.54. The van der Waals surface area contributed by atoms with E-state index in [-0.39, 0.29) is 24.9 Å². The van der Waals surface area contributed by atoms with Crippen LogP contribution >= 0.6 is 0 Å². The van der Waals surface area contributed by atoms with Crippen LogP contribution in [-0.4, -0.2) is 34.8 Å². The van der Waals surface area contributed by atoms with Crippen LogP contribution in [0.3, 0.4) is 0 Å². The summed E-state index contributed by atoms with van der Waals surface area (Å²) in [6, 6.07) is 13.6. The third-order valence-electron chi connectivity index (χ3n) is 3.51. The fourth-order valence-electron chi connectivity index (χ4n) is 2.31. The first kappa shape index (κ1) is 17.6. The van der Waals surface area contributed by atoms with Gasteiger partial charge < -0.3 is 16.0 Å². The van der Waals surface area contributed by atoms with Gasteiger partial charge in [-0.05, 0) is 24.6 Å². The number of nitrogens with zero attached hydrogens (tertiary/aromatic N) is 2. The van der Waals surface area contributed by atoms with Crippen LogP contribution in [-0.2, 0) is 22.7 Å². The Morgan fingerprint density at radius 1 is 1.17 bits per heavy atom. The molecule has 0 atom stereocenters. The minimum absolute atomic E-state index is 0.0747. The second-order valence-corrected chi connectivity index (χ2v) is 5.54. The molecule has 0 saturated heterocycles. The van der Waals surface area contributed by atoms with Crippen molar-refractivity contribution >= 4 is 11.8 Å². The van der Waals surface area contributed by atoms with Gasteiger partial charge in [-0.1, -0.05) is 35.9 Å². The van der Waals surface area contributed by atoms with E-state index in [1.165, 1.54) is 0 Å². The van der Waals surface area contributed by atoms with E-state index in [0.29, 0.717) is 13.1 Å². The van der Waals surface area contributed by atoms with Crippen molar-refractivity contribution in [3.8, 4) is 0 Å². The topological polar surface area (TPSA) is 88.3 Å². The molecule has 1 heterocycles. The fourth-order valence-corrected chi connectivity index (χ4v) is 2.31. The summed E-state index contributed by atoms with van der Waals surface area (Å²) in [5.41, 5.74) is 8.21. The summed E-state index contributed by atoms with van der Waals surface area (Å²) in [4.78, 5) is 29.7. The Balaban J connectivity index is 2.11. The molecule has 1 aromatic carbocycles. The van der Waals surface area contributed by atoms with Gasteiger partial charge in [0.2, 0.25) is 11.8 Å². The zero-order chi connectivity index (χ0) is 17.4. The van der Waals surface area contributed by atoms with Crippen LogP contribution in [0.1, 0.15) is 16.8 Å². The van der Waals surface area contributed by atoms with Crippen molar-refractivity contribution in [3.63, 3.8) is 0 Å². The molecule has 0 fully saturated rings. The van der Waals surface area contributed by atoms with E-state index in [9.17, 15) is 9.59 Å². The lowest BCUT2D eigenvalue weighted by Gasteiger charge is -2.23. The van der Waals surface area contributed by atoms with Crippen LogP contribution in [0.4, 0.5) is 0 Å². The van der Waals surface area contributed by atoms with Crippen molar-refractivity contribution < 1.29 is 9.59 Å². The van der Waals surface area contributed by atoms with E-state index in [1.807, 2.05) is 49.4 Å². The summed E-state index contributed by atoms with van der Waals surface area (Å²) in [6.45, 7) is 2.64. The maximum atomic E-state index is 12.5. The van der Waals surface area contributed by atoms with E-state index in [2.05, 4.69) is 10.3 Å². The maximum absolute atomic E-state index is 12.5. The highest BCUT2D eigenvalue weighted by molar-refractivity contribution is 5.85. The van der Waals surface area contributed by atoms with Crippen molar-refractivity contribution in [2.75, 3.05) is 13.1 Å². The lowest BCUT2D eigenvalue weighted by atomic mass is 10.1. The van der Waals surface area contributed by atoms with Gasteiger partial charge in [0.05, 0.1) is 25.3 Å². The number of rotatable bonds is 7. The van der Waals surface area contributed by atoms with Crippen molar-refractivity contribution in [1.82, 2.24) is 15.2 Å². The zero-order valence-electron chi connectivity index (χ0n) is 13.7. The summed E-state index contributed by atoms with van der Waals surface area (Å²) >= 11 is 0. The second kappa shape index (κ2) is 8.79. The Labute approximate surface area is 141 Å². The number of aryl methyl sites for hydroxylation is 1. The molecule has 0 spiro atoms. The monoisotopic (exact) mass is 326 g/mol. The van der Waals surface area contributed by atoms with Crippen LogP contribution < -0.4 is 11.1 Å². The number of pyridine rings is 1. The Morgan fingerprint density at radius 2 is 2.00 bits per heavy atom. The molecule has 3 N–H and O–H groups in total. The van der Waals surface area contributed by atoms with Crippen molar-refractivity contribution in [2.45, 2.75) is 20.0 Å². The van der Waals surface area contributed by atoms with Crippen LogP contribution in [0.2, 0.25) is 0 Å². The molecular weight excluding hydrogens is 304 g/mol. The van der Waals surface area contributed by atoms with Crippen molar-refractivity contribution in [2.24, 2.45) is 5.73 Å². The smallest absolute Gasteiger partial charge is 0.242 e. The number of benzene rings is 1. The molecule has 0 bridgehead atoms. The van der Waals surface area contributed by atoms with Gasteiger partial charge in [0.15, 0.2) is 0 Å². The molecule has 0 saturated carbocycles. The Morgan fingerprint density at radius 3 is 2.67 bits per heavy atom. The van der Waals surface area contributed by atoms with Gasteiger partial charge in [-0.3, -0.25) is 14.6 Å². The van der Waals surface area contributed by atoms with Gasteiger partial charge >= 0.3 is 0 Å². The lowest BCUT2D eigenvalue weighted by molar-refractivity contribution is -0.133. The molecule has 0 radical (unpaired) electrons. The SMILES string of the molecule is Cc1cccc(CN(Cc2ccccn2)C(=O)CNC(=O)CN)c1. The maximum Gasteiger partial charge on any atom is 0.242 e. The third-order valence-corrected chi connectivity index (χ3v) is 3.51. The summed E-state index contributed by atoms with van der Waals surface area (Å²) in [5.74, 6) is -0.527. The summed E-state index contributed by atoms with van der Waals surface area (Å²) < 4.78 is 0. The van der Waals surface area contributed by atoms with Crippen molar-refractivity contribution in [1.29, 1.82) is 0 Å². The summed E-state index contributed by atoms with van der Waals surface area (Å²) in [5, 5.41) is 2.52.